The van der Waals surface area contributed by atoms with E-state index in [1.165, 1.54) is 42.5 Å². The highest BCUT2D eigenvalue weighted by atomic mass is 19.4. The van der Waals surface area contributed by atoms with Crippen LogP contribution in [0.5, 0.6) is 0 Å². The minimum atomic E-state index is -4.44. The van der Waals surface area contributed by atoms with Gasteiger partial charge in [-0.05, 0) is 192 Å². The van der Waals surface area contributed by atoms with E-state index in [0.717, 1.165) is 57.2 Å². The number of alkyl halides is 3. The number of esters is 10. The summed E-state index contributed by atoms with van der Waals surface area (Å²) in [6.07, 6.45) is 13.4. The van der Waals surface area contributed by atoms with Gasteiger partial charge in [-0.1, -0.05) is 167 Å². The van der Waals surface area contributed by atoms with Gasteiger partial charge in [0.05, 0.1) is 32.6 Å². The van der Waals surface area contributed by atoms with Gasteiger partial charge in [-0.15, -0.1) is 0 Å². The molecule has 0 spiro atoms. The highest BCUT2D eigenvalue weighted by molar-refractivity contribution is 5.89. The Hall–Kier alpha value is -10.7. The lowest BCUT2D eigenvalue weighted by Crippen LogP contribution is -2.27. The third kappa shape index (κ3) is 43.6. The monoisotopic (exact) mass is 1560 g/mol. The van der Waals surface area contributed by atoms with Crippen LogP contribution >= 0.6 is 0 Å². The van der Waals surface area contributed by atoms with E-state index >= 15 is 0 Å². The third-order valence-electron chi connectivity index (χ3n) is 17.3. The molecule has 0 unspecified atom stereocenters. The van der Waals surface area contributed by atoms with Gasteiger partial charge in [0, 0.05) is 30.4 Å². The van der Waals surface area contributed by atoms with Crippen LogP contribution in [0.1, 0.15) is 186 Å². The molecule has 0 amide bonds. The lowest BCUT2D eigenvalue weighted by atomic mass is 9.91. The van der Waals surface area contributed by atoms with E-state index in [9.17, 15) is 61.1 Å². The van der Waals surface area contributed by atoms with Crippen LogP contribution in [0.3, 0.4) is 0 Å². The second-order valence-corrected chi connectivity index (χ2v) is 28.6. The summed E-state index contributed by atoms with van der Waals surface area (Å²) in [4.78, 5) is 116. The molecule has 0 aromatic heterocycles. The van der Waals surface area contributed by atoms with E-state index < -0.39 is 68.7 Å². The molecule has 0 saturated carbocycles. The van der Waals surface area contributed by atoms with Crippen molar-refractivity contribution in [3.8, 4) is 0 Å². The van der Waals surface area contributed by atoms with Gasteiger partial charge < -0.3 is 47.4 Å². The predicted octanol–water partition coefficient (Wildman–Crippen LogP) is 18.1. The van der Waals surface area contributed by atoms with Crippen molar-refractivity contribution >= 4 is 90.1 Å². The third-order valence-corrected chi connectivity index (χ3v) is 17.3. The summed E-state index contributed by atoms with van der Waals surface area (Å²) in [5.74, 6) is -4.04. The van der Waals surface area contributed by atoms with Crippen LogP contribution in [0, 0.1) is 47.8 Å². The Morgan fingerprint density at radius 1 is 0.268 bits per heavy atom. The quantitative estimate of drug-likeness (QED) is 0.0158. The second kappa shape index (κ2) is 51.7. The molecule has 0 radical (unpaired) electrons. The van der Waals surface area contributed by atoms with Gasteiger partial charge >= 0.3 is 65.9 Å². The number of ether oxygens (including phenoxy) is 10. The first kappa shape index (κ1) is 99.3. The predicted molar refractivity (Wildman–Crippen MR) is 427 cm³/mol. The van der Waals surface area contributed by atoms with Crippen molar-refractivity contribution in [2.75, 3.05) is 66.1 Å². The van der Waals surface area contributed by atoms with Gasteiger partial charge in [0.25, 0.3) is 0 Å². The Morgan fingerprint density at radius 3 is 0.679 bits per heavy atom. The van der Waals surface area contributed by atoms with Crippen LogP contribution in [0.25, 0.3) is 30.4 Å². The molecular weight excluding hydrogens is 1450 g/mol. The summed E-state index contributed by atoms with van der Waals surface area (Å²) in [5, 5.41) is 0. The number of carbonyl (C=O) groups is 10. The summed E-state index contributed by atoms with van der Waals surface area (Å²) in [6, 6.07) is 37.4. The molecule has 0 aliphatic carbocycles. The van der Waals surface area contributed by atoms with E-state index in [4.69, 9.17) is 47.4 Å². The largest absolute Gasteiger partial charge is 0.462 e. The smallest absolute Gasteiger partial charge is 0.416 e. The minimum absolute atomic E-state index is 0.0581. The Balaban J connectivity index is 0.000000701. The maximum absolute atomic E-state index is 12.6. The van der Waals surface area contributed by atoms with Crippen molar-refractivity contribution in [1.82, 2.24) is 0 Å². The molecule has 0 atom stereocenters. The SMILES string of the molecule is CCC(C)(C)C(=O)OCCOC(=O)/C=C/c1ccc(C)cc1.CCC(C)(C)C(=O)OCCOC(=O)/C=C/c1ccc(C)cc1.CCC(C)(C)C(=O)OCCOC(=O)/C=C/c1ccc(C)cc1.CCC(C)(C)C(=O)OCCOC(=O)/C=C/c1cccc(C(F)(F)F)c1.CCC(C)(C)C(=O)OCCOC(=O)/C=C/c1ccccc1. The summed E-state index contributed by atoms with van der Waals surface area (Å²) in [6.45, 7) is 34.0. The molecule has 0 N–H and O–H groups in total. The molecule has 0 bridgehead atoms. The molecule has 0 fully saturated rings. The lowest BCUT2D eigenvalue weighted by molar-refractivity contribution is -0.158. The highest BCUT2D eigenvalue weighted by Crippen LogP contribution is 2.30. The highest BCUT2D eigenvalue weighted by Gasteiger charge is 2.32. The van der Waals surface area contributed by atoms with Crippen LogP contribution in [-0.2, 0) is 101 Å². The van der Waals surface area contributed by atoms with Crippen molar-refractivity contribution in [1.29, 1.82) is 0 Å². The van der Waals surface area contributed by atoms with E-state index in [2.05, 4.69) is 0 Å². The van der Waals surface area contributed by atoms with Crippen molar-refractivity contribution in [3.05, 3.63) is 208 Å². The summed E-state index contributed by atoms with van der Waals surface area (Å²) < 4.78 is 87.8. The molecule has 23 heteroatoms. The van der Waals surface area contributed by atoms with Crippen LogP contribution in [0.2, 0.25) is 0 Å². The van der Waals surface area contributed by atoms with Gasteiger partial charge in [-0.3, -0.25) is 24.0 Å². The normalized spacial score (nSPS) is 11.6. The Kier molecular flexibility index (Phi) is 45.8. The number of hydrogen-bond acceptors (Lipinski definition) is 20. The first-order chi connectivity index (χ1) is 52.6. The van der Waals surface area contributed by atoms with Crippen molar-refractivity contribution in [2.45, 2.75) is 163 Å². The minimum Gasteiger partial charge on any atom is -0.462 e. The zero-order valence-corrected chi connectivity index (χ0v) is 68.3. The van der Waals surface area contributed by atoms with Crippen LogP contribution in [0.15, 0.2) is 158 Å². The van der Waals surface area contributed by atoms with E-state index in [0.29, 0.717) is 32.1 Å². The Bertz CT molecular complexity index is 3640. The molecule has 20 nitrogen and oxygen atoms in total. The zero-order chi connectivity index (χ0) is 84.6. The fraction of sp³-hybridized carbons (Fsp3) is 0.438. The molecule has 0 heterocycles. The fourth-order valence-corrected chi connectivity index (χ4v) is 7.56. The maximum atomic E-state index is 12.6. The number of halogens is 3. The van der Waals surface area contributed by atoms with Crippen LogP contribution in [0.4, 0.5) is 13.2 Å². The summed E-state index contributed by atoms with van der Waals surface area (Å²) in [5.41, 5.74) is 4.01. The second-order valence-electron chi connectivity index (χ2n) is 28.6. The zero-order valence-electron chi connectivity index (χ0n) is 68.3. The number of carbonyl (C=O) groups excluding carboxylic acids is 10. The molecule has 0 saturated heterocycles. The van der Waals surface area contributed by atoms with Gasteiger partial charge in [0.15, 0.2) is 0 Å². The van der Waals surface area contributed by atoms with Crippen molar-refractivity contribution < 1.29 is 108 Å². The lowest BCUT2D eigenvalue weighted by Gasteiger charge is -2.20. The molecule has 5 aromatic carbocycles. The molecule has 112 heavy (non-hydrogen) atoms. The molecule has 612 valence electrons. The van der Waals surface area contributed by atoms with Gasteiger partial charge in [-0.25, -0.2) is 24.0 Å². The molecular formula is C89H115F3O20. The Labute approximate surface area is 659 Å². The standard InChI is InChI=1S/C18H21F3O4.3C18H24O4.C17H22O4/c1-4-17(2,3)16(23)25-11-10-24-15(22)9-8-13-6-5-7-14(12-13)18(19,20)21;3*1-5-18(3,4)17(20)22-13-12-21-16(19)11-10-15-8-6-14(2)7-9-15;1-4-17(2,3)16(19)21-13-12-20-15(18)11-10-14-8-6-5-7-9-14/h5-9,12H,4,10-11H2,1-3H3;3*6-11H,5,12-13H2,1-4H3;5-11H,4,12-13H2,1-3H3/b9-8+;4*11-10+. The van der Waals surface area contributed by atoms with Crippen molar-refractivity contribution in [2.24, 2.45) is 27.1 Å². The first-order valence-electron chi connectivity index (χ1n) is 37.1. The summed E-state index contributed by atoms with van der Waals surface area (Å²) >= 11 is 0. The molecule has 5 aromatic rings. The van der Waals surface area contributed by atoms with E-state index in [1.54, 1.807) is 38.2 Å². The molecule has 0 aliphatic rings. The van der Waals surface area contributed by atoms with Crippen LogP contribution < -0.4 is 0 Å². The van der Waals surface area contributed by atoms with Crippen molar-refractivity contribution in [3.63, 3.8) is 0 Å². The molecule has 5 rings (SSSR count). The first-order valence-corrected chi connectivity index (χ1v) is 37.1. The number of benzene rings is 5. The van der Waals surface area contributed by atoms with Gasteiger partial charge in [-0.2, -0.15) is 13.2 Å². The topological polar surface area (TPSA) is 263 Å². The van der Waals surface area contributed by atoms with E-state index in [1.807, 2.05) is 214 Å². The average Bonchev–Trinajstić information content (AvgIpc) is 0.848. The number of rotatable bonds is 35. The van der Waals surface area contributed by atoms with E-state index in [-0.39, 0.29) is 101 Å². The number of hydrogen-bond donors (Lipinski definition) is 0. The summed E-state index contributed by atoms with van der Waals surface area (Å²) in [7, 11) is 0. The fourth-order valence-electron chi connectivity index (χ4n) is 7.56. The number of aryl methyl sites for hydroxylation is 3. The maximum Gasteiger partial charge on any atom is 0.416 e. The van der Waals surface area contributed by atoms with Gasteiger partial charge in [0.1, 0.15) is 66.1 Å². The van der Waals surface area contributed by atoms with Gasteiger partial charge in [0.2, 0.25) is 0 Å². The Morgan fingerprint density at radius 2 is 0.464 bits per heavy atom. The molecule has 0 aliphatic heterocycles. The van der Waals surface area contributed by atoms with Crippen LogP contribution in [-0.4, -0.2) is 126 Å². The average molecular weight is 1560 g/mol.